The van der Waals surface area contributed by atoms with Gasteiger partial charge in [0.2, 0.25) is 5.01 Å². The van der Waals surface area contributed by atoms with Crippen LogP contribution in [-0.4, -0.2) is 58.0 Å². The van der Waals surface area contributed by atoms with E-state index < -0.39 is 0 Å². The fourth-order valence-electron chi connectivity index (χ4n) is 3.76. The first-order valence-corrected chi connectivity index (χ1v) is 12.2. The van der Waals surface area contributed by atoms with Crippen molar-refractivity contribution in [2.45, 2.75) is 32.9 Å². The molecule has 34 heavy (non-hydrogen) atoms. The van der Waals surface area contributed by atoms with Crippen molar-refractivity contribution in [1.82, 2.24) is 25.3 Å². The summed E-state index contributed by atoms with van der Waals surface area (Å²) in [6.45, 7) is 7.93. The van der Waals surface area contributed by atoms with Crippen LogP contribution in [0.3, 0.4) is 0 Å². The normalized spacial score (nSPS) is 14.4. The quantitative estimate of drug-likeness (QED) is 0.557. The molecule has 7 nitrogen and oxygen atoms in total. The highest BCUT2D eigenvalue weighted by Crippen LogP contribution is 2.18. The van der Waals surface area contributed by atoms with Gasteiger partial charge in [0.1, 0.15) is 10.8 Å². The minimum Gasteiger partial charge on any atom is -0.346 e. The summed E-state index contributed by atoms with van der Waals surface area (Å²) in [6, 6.07) is 13.9. The molecule has 1 fully saturated rings. The van der Waals surface area contributed by atoms with E-state index in [1.807, 2.05) is 29.2 Å². The van der Waals surface area contributed by atoms with E-state index in [-0.39, 0.29) is 17.6 Å². The monoisotopic (exact) mass is 481 g/mol. The van der Waals surface area contributed by atoms with Crippen LogP contribution < -0.4 is 5.32 Å². The maximum absolute atomic E-state index is 13.0. The number of halogens is 1. The molecule has 2 amide bonds. The van der Waals surface area contributed by atoms with Gasteiger partial charge in [-0.15, -0.1) is 10.2 Å². The summed E-state index contributed by atoms with van der Waals surface area (Å²) in [6.07, 6.45) is 0. The molecule has 1 aromatic heterocycles. The Balaban J connectivity index is 1.24. The van der Waals surface area contributed by atoms with Gasteiger partial charge in [-0.25, -0.2) is 4.39 Å². The van der Waals surface area contributed by atoms with Crippen LogP contribution in [0.1, 0.15) is 56.1 Å². The van der Waals surface area contributed by atoms with Gasteiger partial charge in [-0.05, 0) is 41.3 Å². The number of amides is 2. The van der Waals surface area contributed by atoms with Crippen molar-refractivity contribution in [3.63, 3.8) is 0 Å². The fourth-order valence-corrected chi connectivity index (χ4v) is 4.56. The zero-order valence-electron chi connectivity index (χ0n) is 19.3. The molecule has 0 saturated carbocycles. The molecule has 178 valence electrons. The van der Waals surface area contributed by atoms with Gasteiger partial charge >= 0.3 is 0 Å². The number of nitrogens with one attached hydrogen (secondary N) is 1. The predicted molar refractivity (Wildman–Crippen MR) is 129 cm³/mol. The van der Waals surface area contributed by atoms with E-state index in [0.29, 0.717) is 37.1 Å². The molecule has 0 aliphatic carbocycles. The SMILES string of the molecule is CC(C)c1ccc(C(=O)N2CCN(Cc3nnc(C(=O)NCc4ccc(F)cc4)s3)CC2)cc1. The molecular weight excluding hydrogens is 453 g/mol. The van der Waals surface area contributed by atoms with Gasteiger partial charge in [0, 0.05) is 38.3 Å². The Hall–Kier alpha value is -3.17. The highest BCUT2D eigenvalue weighted by atomic mass is 32.1. The molecule has 0 radical (unpaired) electrons. The Morgan fingerprint density at radius 1 is 1.00 bits per heavy atom. The summed E-state index contributed by atoms with van der Waals surface area (Å²) in [5, 5.41) is 12.0. The molecule has 1 N–H and O–H groups in total. The maximum Gasteiger partial charge on any atom is 0.282 e. The van der Waals surface area contributed by atoms with E-state index in [1.54, 1.807) is 12.1 Å². The van der Waals surface area contributed by atoms with Gasteiger partial charge in [0.25, 0.3) is 11.8 Å². The third-order valence-corrected chi connectivity index (χ3v) is 6.78. The molecule has 1 saturated heterocycles. The minimum atomic E-state index is -0.311. The molecule has 3 aromatic rings. The molecule has 2 aromatic carbocycles. The number of carbonyl (C=O) groups excluding carboxylic acids is 2. The summed E-state index contributed by atoms with van der Waals surface area (Å²) < 4.78 is 13.0. The largest absolute Gasteiger partial charge is 0.346 e. The summed E-state index contributed by atoms with van der Waals surface area (Å²) in [7, 11) is 0. The molecule has 9 heteroatoms. The summed E-state index contributed by atoms with van der Waals surface area (Å²) in [4.78, 5) is 29.3. The number of carbonyl (C=O) groups is 2. The Kier molecular flexibility index (Phi) is 7.64. The average molecular weight is 482 g/mol. The molecule has 1 aliphatic rings. The Bertz CT molecular complexity index is 1120. The zero-order chi connectivity index (χ0) is 24.1. The van der Waals surface area contributed by atoms with Crippen LogP contribution in [0, 0.1) is 5.82 Å². The van der Waals surface area contributed by atoms with Crippen LogP contribution in [0.2, 0.25) is 0 Å². The van der Waals surface area contributed by atoms with Crippen LogP contribution >= 0.6 is 11.3 Å². The molecule has 1 aliphatic heterocycles. The van der Waals surface area contributed by atoms with Crippen molar-refractivity contribution in [2.75, 3.05) is 26.2 Å². The van der Waals surface area contributed by atoms with Crippen molar-refractivity contribution >= 4 is 23.2 Å². The number of rotatable bonds is 7. The fraction of sp³-hybridized carbons (Fsp3) is 0.360. The number of hydrogen-bond donors (Lipinski definition) is 1. The molecule has 0 spiro atoms. The lowest BCUT2D eigenvalue weighted by Gasteiger charge is -2.34. The second kappa shape index (κ2) is 10.8. The zero-order valence-corrected chi connectivity index (χ0v) is 20.1. The van der Waals surface area contributed by atoms with Crippen molar-refractivity contribution in [2.24, 2.45) is 0 Å². The highest BCUT2D eigenvalue weighted by Gasteiger charge is 2.23. The lowest BCUT2D eigenvalue weighted by Crippen LogP contribution is -2.48. The maximum atomic E-state index is 13.0. The molecular formula is C25H28FN5O2S. The highest BCUT2D eigenvalue weighted by molar-refractivity contribution is 7.13. The molecule has 2 heterocycles. The van der Waals surface area contributed by atoms with E-state index in [0.717, 1.165) is 29.2 Å². The van der Waals surface area contributed by atoms with E-state index in [9.17, 15) is 14.0 Å². The molecule has 0 unspecified atom stereocenters. The van der Waals surface area contributed by atoms with Gasteiger partial charge < -0.3 is 10.2 Å². The number of hydrogen-bond acceptors (Lipinski definition) is 6. The van der Waals surface area contributed by atoms with Crippen molar-refractivity contribution in [3.05, 3.63) is 81.1 Å². The topological polar surface area (TPSA) is 78.4 Å². The van der Waals surface area contributed by atoms with Crippen LogP contribution in [0.5, 0.6) is 0 Å². The van der Waals surface area contributed by atoms with Gasteiger partial charge in [-0.3, -0.25) is 14.5 Å². The van der Waals surface area contributed by atoms with Gasteiger partial charge in [0.05, 0.1) is 6.54 Å². The second-order valence-electron chi connectivity index (χ2n) is 8.66. The van der Waals surface area contributed by atoms with E-state index >= 15 is 0 Å². The Morgan fingerprint density at radius 2 is 1.68 bits per heavy atom. The Morgan fingerprint density at radius 3 is 2.32 bits per heavy atom. The lowest BCUT2D eigenvalue weighted by atomic mass is 10.0. The summed E-state index contributed by atoms with van der Waals surface area (Å²) in [5.41, 5.74) is 2.75. The van der Waals surface area contributed by atoms with E-state index in [4.69, 9.17) is 0 Å². The predicted octanol–water partition coefficient (Wildman–Crippen LogP) is 3.69. The number of piperazine rings is 1. The van der Waals surface area contributed by atoms with Crippen molar-refractivity contribution < 1.29 is 14.0 Å². The summed E-state index contributed by atoms with van der Waals surface area (Å²) >= 11 is 1.26. The number of nitrogens with zero attached hydrogens (tertiary/aromatic N) is 4. The molecule has 0 atom stereocenters. The van der Waals surface area contributed by atoms with Gasteiger partial charge in [-0.2, -0.15) is 0 Å². The smallest absolute Gasteiger partial charge is 0.282 e. The molecule has 0 bridgehead atoms. The summed E-state index contributed by atoms with van der Waals surface area (Å²) in [5.74, 6) is -0.110. The van der Waals surface area contributed by atoms with Crippen LogP contribution in [0.4, 0.5) is 4.39 Å². The van der Waals surface area contributed by atoms with E-state index in [1.165, 1.54) is 29.0 Å². The minimum absolute atomic E-state index is 0.0611. The average Bonchev–Trinajstić information content (AvgIpc) is 3.32. The first-order valence-electron chi connectivity index (χ1n) is 11.4. The third-order valence-electron chi connectivity index (χ3n) is 5.87. The lowest BCUT2D eigenvalue weighted by molar-refractivity contribution is 0.0628. The first-order chi connectivity index (χ1) is 16.4. The van der Waals surface area contributed by atoms with Crippen molar-refractivity contribution in [3.8, 4) is 0 Å². The van der Waals surface area contributed by atoms with Gasteiger partial charge in [0.15, 0.2) is 0 Å². The van der Waals surface area contributed by atoms with Crippen molar-refractivity contribution in [1.29, 1.82) is 0 Å². The van der Waals surface area contributed by atoms with Crippen LogP contribution in [0.15, 0.2) is 48.5 Å². The first kappa shape index (κ1) is 24.0. The number of benzene rings is 2. The second-order valence-corrected chi connectivity index (χ2v) is 9.72. The third kappa shape index (κ3) is 6.03. The number of aromatic nitrogens is 2. The van der Waals surface area contributed by atoms with E-state index in [2.05, 4.69) is 34.3 Å². The van der Waals surface area contributed by atoms with Crippen LogP contribution in [-0.2, 0) is 13.1 Å². The van der Waals surface area contributed by atoms with Gasteiger partial charge in [-0.1, -0.05) is 49.4 Å². The standard InChI is InChI=1S/C25H28FN5O2S/c1-17(2)19-5-7-20(8-6-19)25(33)31-13-11-30(12-14-31)16-22-28-29-24(34-22)23(32)27-15-18-3-9-21(26)10-4-18/h3-10,17H,11-16H2,1-2H3,(H,27,32). The van der Waals surface area contributed by atoms with Crippen LogP contribution in [0.25, 0.3) is 0 Å². The molecule has 4 rings (SSSR count). The Labute approximate surface area is 202 Å².